The van der Waals surface area contributed by atoms with Gasteiger partial charge in [-0.15, -0.1) is 0 Å². The van der Waals surface area contributed by atoms with Gasteiger partial charge in [0.1, 0.15) is 23.3 Å². The molecule has 0 saturated heterocycles. The van der Waals surface area contributed by atoms with Crippen molar-refractivity contribution in [3.05, 3.63) is 191 Å². The summed E-state index contributed by atoms with van der Waals surface area (Å²) in [4.78, 5) is 35.8. The average molecular weight is 850 g/mol. The minimum absolute atomic E-state index is 0.331. The Morgan fingerprint density at radius 1 is 0.439 bits per heavy atom. The van der Waals surface area contributed by atoms with Crippen LogP contribution in [0.1, 0.15) is 28.9 Å². The van der Waals surface area contributed by atoms with E-state index in [1.54, 1.807) is 12.1 Å². The third kappa shape index (κ3) is 6.32. The quantitative estimate of drug-likeness (QED) is 0.153. The standard InChI is InChI=1S/C55H35N11/c1-31-59-32(2)62-54(61-31)36-22-25-48-42(28-36)39-13-7-9-17-46(39)65(48)50-19-11-15-41(38-24-21-35(30-56)27-45(38)58-6)52(50)53-44(57-5)16-12-20-51(53)66-47-18-10-8-14-40(47)43-29-37(23-26-49(43)66)55-63-33(3)60-34(4)64-55/h7-29H,1-4H3. The van der Waals surface area contributed by atoms with E-state index >= 15 is 0 Å². The fourth-order valence-corrected chi connectivity index (χ4v) is 9.43. The molecule has 11 heteroatoms. The summed E-state index contributed by atoms with van der Waals surface area (Å²) in [6.07, 6.45) is 0. The van der Waals surface area contributed by atoms with Crippen LogP contribution in [0.4, 0.5) is 11.4 Å². The zero-order chi connectivity index (χ0) is 45.2. The smallest absolute Gasteiger partial charge is 0.197 e. The normalized spacial score (nSPS) is 11.3. The summed E-state index contributed by atoms with van der Waals surface area (Å²) in [7, 11) is 0. The van der Waals surface area contributed by atoms with Gasteiger partial charge in [-0.05, 0) is 112 Å². The van der Waals surface area contributed by atoms with E-state index in [-0.39, 0.29) is 0 Å². The SMILES string of the molecule is [C-]#[N+]c1cc(C#N)ccc1-c1cccc(-n2c3ccccc3c3cc(-c4nc(C)nc(C)n4)ccc32)c1-c1c([N+]#[C-])cccc1-n1c2ccccc2c2cc(-c3nc(C)nc(C)n3)ccc21. The monoisotopic (exact) mass is 849 g/mol. The number of aryl methyl sites for hydroxylation is 4. The second kappa shape index (κ2) is 15.5. The lowest BCUT2D eigenvalue weighted by Crippen LogP contribution is -2.03. The molecule has 0 amide bonds. The third-order valence-electron chi connectivity index (χ3n) is 12.0. The Balaban J connectivity index is 1.26. The molecule has 4 heterocycles. The van der Waals surface area contributed by atoms with Crippen LogP contribution in [0.25, 0.3) is 110 Å². The largest absolute Gasteiger partial charge is 0.310 e. The fraction of sp³-hybridized carbons (Fsp3) is 0.0727. The number of nitrogens with zero attached hydrogens (tertiary/aromatic N) is 11. The summed E-state index contributed by atoms with van der Waals surface area (Å²) in [6.45, 7) is 24.6. The molecular weight excluding hydrogens is 815 g/mol. The van der Waals surface area contributed by atoms with Crippen molar-refractivity contribution < 1.29 is 0 Å². The molecule has 0 atom stereocenters. The maximum Gasteiger partial charge on any atom is 0.197 e. The van der Waals surface area contributed by atoms with Gasteiger partial charge in [0.05, 0.1) is 47.0 Å². The van der Waals surface area contributed by atoms with Gasteiger partial charge in [0, 0.05) is 55.0 Å². The van der Waals surface area contributed by atoms with E-state index in [0.717, 1.165) is 77.2 Å². The van der Waals surface area contributed by atoms with E-state index in [1.807, 2.05) is 94.4 Å². The van der Waals surface area contributed by atoms with Crippen LogP contribution in [0.15, 0.2) is 140 Å². The molecule has 0 aliphatic heterocycles. The number of fused-ring (bicyclic) bond motifs is 6. The molecule has 0 bridgehead atoms. The number of benzene rings is 7. The van der Waals surface area contributed by atoms with Gasteiger partial charge in [0.25, 0.3) is 0 Å². The number of rotatable bonds is 6. The first-order chi connectivity index (χ1) is 32.2. The van der Waals surface area contributed by atoms with Crippen LogP contribution in [-0.4, -0.2) is 39.0 Å². The highest BCUT2D eigenvalue weighted by Crippen LogP contribution is 2.50. The molecule has 7 aromatic carbocycles. The van der Waals surface area contributed by atoms with Crippen molar-refractivity contribution in [2.24, 2.45) is 0 Å². The van der Waals surface area contributed by atoms with Crippen LogP contribution in [0.5, 0.6) is 0 Å². The number of hydrogen-bond acceptors (Lipinski definition) is 7. The molecule has 0 fully saturated rings. The molecule has 11 aromatic rings. The zero-order valence-corrected chi connectivity index (χ0v) is 36.2. The molecule has 0 saturated carbocycles. The maximum atomic E-state index is 9.92. The van der Waals surface area contributed by atoms with Crippen molar-refractivity contribution in [3.8, 4) is 62.5 Å². The molecule has 11 rings (SSSR count). The Bertz CT molecular complexity index is 3950. The van der Waals surface area contributed by atoms with Gasteiger partial charge in [-0.2, -0.15) is 5.26 Å². The van der Waals surface area contributed by atoms with E-state index in [4.69, 9.17) is 23.1 Å². The lowest BCUT2D eigenvalue weighted by atomic mass is 9.89. The lowest BCUT2D eigenvalue weighted by Gasteiger charge is -2.23. The Hall–Kier alpha value is -9.37. The topological polar surface area (TPSA) is 120 Å². The second-order valence-corrected chi connectivity index (χ2v) is 16.1. The average Bonchev–Trinajstić information content (AvgIpc) is 3.84. The van der Waals surface area contributed by atoms with E-state index in [2.05, 4.69) is 105 Å². The highest BCUT2D eigenvalue weighted by molar-refractivity contribution is 6.14. The molecule has 0 aliphatic rings. The van der Waals surface area contributed by atoms with Gasteiger partial charge >= 0.3 is 0 Å². The molecule has 4 aromatic heterocycles. The molecule has 11 nitrogen and oxygen atoms in total. The summed E-state index contributed by atoms with van der Waals surface area (Å²) in [5, 5.41) is 14.0. The van der Waals surface area contributed by atoms with E-state index < -0.39 is 0 Å². The molecule has 0 radical (unpaired) electrons. The molecule has 0 N–H and O–H groups in total. The summed E-state index contributed by atoms with van der Waals surface area (Å²) < 4.78 is 4.48. The molecule has 66 heavy (non-hydrogen) atoms. The van der Waals surface area contributed by atoms with Crippen molar-refractivity contribution in [2.45, 2.75) is 27.7 Å². The zero-order valence-electron chi connectivity index (χ0n) is 36.2. The predicted octanol–water partition coefficient (Wildman–Crippen LogP) is 13.1. The van der Waals surface area contributed by atoms with E-state index in [9.17, 15) is 5.26 Å². The molecule has 310 valence electrons. The maximum absolute atomic E-state index is 9.92. The minimum Gasteiger partial charge on any atom is -0.310 e. The van der Waals surface area contributed by atoms with Crippen molar-refractivity contribution in [3.63, 3.8) is 0 Å². The van der Waals surface area contributed by atoms with Crippen LogP contribution >= 0.6 is 0 Å². The minimum atomic E-state index is 0.331. The van der Waals surface area contributed by atoms with Crippen molar-refractivity contribution in [2.75, 3.05) is 0 Å². The summed E-state index contributed by atoms with van der Waals surface area (Å²) in [5.41, 5.74) is 11.0. The Kier molecular flexibility index (Phi) is 9.25. The first kappa shape index (κ1) is 39.5. The number of para-hydroxylation sites is 2. The highest BCUT2D eigenvalue weighted by atomic mass is 15.0. The van der Waals surface area contributed by atoms with Crippen LogP contribution in [0, 0.1) is 52.2 Å². The molecular formula is C55H35N11. The van der Waals surface area contributed by atoms with Gasteiger partial charge < -0.3 is 9.13 Å². The second-order valence-electron chi connectivity index (χ2n) is 16.1. The summed E-state index contributed by atoms with van der Waals surface area (Å²) >= 11 is 0. The van der Waals surface area contributed by atoms with Crippen molar-refractivity contribution in [1.29, 1.82) is 5.26 Å². The Morgan fingerprint density at radius 3 is 1.44 bits per heavy atom. The first-order valence-corrected chi connectivity index (χ1v) is 21.2. The van der Waals surface area contributed by atoms with Gasteiger partial charge in [0.15, 0.2) is 23.0 Å². The predicted molar refractivity (Wildman–Crippen MR) is 260 cm³/mol. The number of nitriles is 1. The summed E-state index contributed by atoms with van der Waals surface area (Å²) in [6, 6.07) is 48.5. The van der Waals surface area contributed by atoms with Crippen LogP contribution in [-0.2, 0) is 0 Å². The summed E-state index contributed by atoms with van der Waals surface area (Å²) in [5.74, 6) is 3.79. The molecule has 0 unspecified atom stereocenters. The highest BCUT2D eigenvalue weighted by Gasteiger charge is 2.26. The first-order valence-electron chi connectivity index (χ1n) is 21.2. The van der Waals surface area contributed by atoms with Crippen LogP contribution in [0.2, 0.25) is 0 Å². The van der Waals surface area contributed by atoms with Crippen molar-refractivity contribution >= 4 is 55.0 Å². The van der Waals surface area contributed by atoms with Crippen LogP contribution in [0.3, 0.4) is 0 Å². The van der Waals surface area contributed by atoms with Crippen LogP contribution < -0.4 is 0 Å². The number of hydrogen-bond donors (Lipinski definition) is 0. The van der Waals surface area contributed by atoms with E-state index in [1.165, 1.54) is 0 Å². The molecule has 0 aliphatic carbocycles. The third-order valence-corrected chi connectivity index (χ3v) is 12.0. The fourth-order valence-electron chi connectivity index (χ4n) is 9.43. The van der Waals surface area contributed by atoms with E-state index in [0.29, 0.717) is 63.0 Å². The van der Waals surface area contributed by atoms with Gasteiger partial charge in [0.2, 0.25) is 0 Å². The van der Waals surface area contributed by atoms with Crippen molar-refractivity contribution in [1.82, 2.24) is 39.0 Å². The lowest BCUT2D eigenvalue weighted by molar-refractivity contribution is 0.928. The van der Waals surface area contributed by atoms with Gasteiger partial charge in [-0.3, -0.25) is 0 Å². The van der Waals surface area contributed by atoms with Gasteiger partial charge in [-0.1, -0.05) is 66.7 Å². The van der Waals surface area contributed by atoms with Gasteiger partial charge in [-0.25, -0.2) is 39.6 Å². The molecule has 0 spiro atoms. The Morgan fingerprint density at radius 2 is 0.924 bits per heavy atom. The Labute approximate surface area is 379 Å². The number of aromatic nitrogens is 8.